The van der Waals surface area contributed by atoms with Crippen LogP contribution in [0.1, 0.15) is 40.2 Å². The average Bonchev–Trinajstić information content (AvgIpc) is 3.22. The van der Waals surface area contributed by atoms with E-state index < -0.39 is 0 Å². The van der Waals surface area contributed by atoms with Crippen LogP contribution in [0.2, 0.25) is 0 Å². The molecular formula is C24H26N2O2S. The van der Waals surface area contributed by atoms with Crippen LogP contribution in [-0.4, -0.2) is 17.9 Å². The third-order valence-electron chi connectivity index (χ3n) is 4.63. The van der Waals surface area contributed by atoms with Gasteiger partial charge in [0, 0.05) is 11.7 Å². The molecule has 2 amide bonds. The van der Waals surface area contributed by atoms with E-state index in [2.05, 4.69) is 24.4 Å². The zero-order chi connectivity index (χ0) is 20.8. The van der Waals surface area contributed by atoms with Gasteiger partial charge in [-0.15, -0.1) is 11.3 Å². The van der Waals surface area contributed by atoms with Crippen molar-refractivity contribution in [3.05, 3.63) is 87.6 Å². The molecule has 0 saturated carbocycles. The summed E-state index contributed by atoms with van der Waals surface area (Å²) >= 11 is 1.44. The van der Waals surface area contributed by atoms with Crippen LogP contribution in [0.15, 0.2) is 66.0 Å². The standard InChI is InChI=1S/C24H26N2O2S/c1-17(2)25-23(27)15-19-10-12-21(13-11-19)26(24(28)22-9-6-14-29-22)16-20-8-5-4-7-18(20)3/h4-14,17H,15-16H2,1-3H3,(H,25,27). The van der Waals surface area contributed by atoms with Gasteiger partial charge in [0.1, 0.15) is 0 Å². The number of amides is 2. The summed E-state index contributed by atoms with van der Waals surface area (Å²) < 4.78 is 0. The highest BCUT2D eigenvalue weighted by Gasteiger charge is 2.20. The molecule has 0 aliphatic rings. The zero-order valence-corrected chi connectivity index (χ0v) is 17.8. The van der Waals surface area contributed by atoms with Crippen molar-refractivity contribution in [2.75, 3.05) is 4.90 Å². The molecule has 0 radical (unpaired) electrons. The molecule has 2 aromatic carbocycles. The van der Waals surface area contributed by atoms with Crippen molar-refractivity contribution in [2.45, 2.75) is 39.8 Å². The molecule has 150 valence electrons. The van der Waals surface area contributed by atoms with Gasteiger partial charge in [0.15, 0.2) is 0 Å². The molecule has 1 aromatic heterocycles. The largest absolute Gasteiger partial charge is 0.354 e. The summed E-state index contributed by atoms with van der Waals surface area (Å²) in [5.74, 6) is -0.0206. The number of hydrogen-bond donors (Lipinski definition) is 1. The minimum Gasteiger partial charge on any atom is -0.354 e. The molecule has 3 aromatic rings. The van der Waals surface area contributed by atoms with Crippen molar-refractivity contribution < 1.29 is 9.59 Å². The monoisotopic (exact) mass is 406 g/mol. The molecule has 0 spiro atoms. The lowest BCUT2D eigenvalue weighted by Crippen LogP contribution is -2.31. The van der Waals surface area contributed by atoms with Crippen LogP contribution in [0.25, 0.3) is 0 Å². The van der Waals surface area contributed by atoms with Crippen molar-refractivity contribution >= 4 is 28.8 Å². The Morgan fingerprint density at radius 3 is 2.34 bits per heavy atom. The molecule has 0 fully saturated rings. The lowest BCUT2D eigenvalue weighted by Gasteiger charge is -2.23. The Balaban J connectivity index is 1.85. The van der Waals surface area contributed by atoms with Gasteiger partial charge in [-0.3, -0.25) is 9.59 Å². The molecule has 4 nitrogen and oxygen atoms in total. The number of anilines is 1. The molecule has 0 unspecified atom stereocenters. The van der Waals surface area contributed by atoms with Gasteiger partial charge < -0.3 is 10.2 Å². The van der Waals surface area contributed by atoms with Gasteiger partial charge in [0.2, 0.25) is 5.91 Å². The molecular weight excluding hydrogens is 380 g/mol. The second kappa shape index (κ2) is 9.52. The van der Waals surface area contributed by atoms with E-state index >= 15 is 0 Å². The number of rotatable bonds is 7. The fourth-order valence-corrected chi connectivity index (χ4v) is 3.80. The molecule has 3 rings (SSSR count). The number of aryl methyl sites for hydroxylation is 1. The minimum atomic E-state index is -0.0199. The van der Waals surface area contributed by atoms with Gasteiger partial charge in [-0.2, -0.15) is 0 Å². The first-order valence-corrected chi connectivity index (χ1v) is 10.6. The maximum absolute atomic E-state index is 13.2. The quantitative estimate of drug-likeness (QED) is 0.602. The van der Waals surface area contributed by atoms with Crippen LogP contribution >= 0.6 is 11.3 Å². The Morgan fingerprint density at radius 2 is 1.72 bits per heavy atom. The van der Waals surface area contributed by atoms with Crippen LogP contribution in [0.3, 0.4) is 0 Å². The SMILES string of the molecule is Cc1ccccc1CN(C(=O)c1cccs1)c1ccc(CC(=O)NC(C)C)cc1. The lowest BCUT2D eigenvalue weighted by molar-refractivity contribution is -0.120. The second-order valence-electron chi connectivity index (χ2n) is 7.36. The van der Waals surface area contributed by atoms with Crippen molar-refractivity contribution in [2.24, 2.45) is 0 Å². The van der Waals surface area contributed by atoms with E-state index in [1.165, 1.54) is 11.3 Å². The van der Waals surface area contributed by atoms with Crippen LogP contribution in [0, 0.1) is 6.92 Å². The Labute approximate surface area is 176 Å². The fraction of sp³-hybridized carbons (Fsp3) is 0.250. The molecule has 1 N–H and O–H groups in total. The van der Waals surface area contributed by atoms with E-state index in [4.69, 9.17) is 0 Å². The molecule has 0 aliphatic carbocycles. The van der Waals surface area contributed by atoms with Gasteiger partial charge in [0.25, 0.3) is 5.91 Å². The molecule has 0 aliphatic heterocycles. The van der Waals surface area contributed by atoms with E-state index in [0.717, 1.165) is 22.4 Å². The van der Waals surface area contributed by atoms with Gasteiger partial charge in [0.05, 0.1) is 17.8 Å². The first-order chi connectivity index (χ1) is 13.9. The highest BCUT2D eigenvalue weighted by Crippen LogP contribution is 2.24. The van der Waals surface area contributed by atoms with Crippen LogP contribution < -0.4 is 10.2 Å². The number of nitrogens with one attached hydrogen (secondary N) is 1. The summed E-state index contributed by atoms with van der Waals surface area (Å²) in [5.41, 5.74) is 4.00. The van der Waals surface area contributed by atoms with E-state index in [1.807, 2.05) is 67.8 Å². The summed E-state index contributed by atoms with van der Waals surface area (Å²) in [4.78, 5) is 27.7. The Bertz CT molecular complexity index is 963. The topological polar surface area (TPSA) is 49.4 Å². The summed E-state index contributed by atoms with van der Waals surface area (Å²) in [7, 11) is 0. The summed E-state index contributed by atoms with van der Waals surface area (Å²) in [6.45, 7) is 6.44. The minimum absolute atomic E-state index is 0.000761. The number of nitrogens with zero attached hydrogens (tertiary/aromatic N) is 1. The highest BCUT2D eigenvalue weighted by molar-refractivity contribution is 7.12. The average molecular weight is 407 g/mol. The van der Waals surface area contributed by atoms with E-state index in [0.29, 0.717) is 17.8 Å². The van der Waals surface area contributed by atoms with Crippen LogP contribution in [-0.2, 0) is 17.8 Å². The molecule has 0 saturated heterocycles. The fourth-order valence-electron chi connectivity index (χ4n) is 3.12. The number of carbonyl (C=O) groups is 2. The third kappa shape index (κ3) is 5.55. The summed E-state index contributed by atoms with van der Waals surface area (Å²) in [6.07, 6.45) is 0.328. The maximum atomic E-state index is 13.2. The first kappa shape index (κ1) is 20.8. The number of thiophene rings is 1. The van der Waals surface area contributed by atoms with Crippen molar-refractivity contribution in [1.82, 2.24) is 5.32 Å². The van der Waals surface area contributed by atoms with Crippen LogP contribution in [0.4, 0.5) is 5.69 Å². The number of benzene rings is 2. The van der Waals surface area contributed by atoms with Gasteiger partial charge in [-0.25, -0.2) is 0 Å². The third-order valence-corrected chi connectivity index (χ3v) is 5.49. The molecule has 0 bridgehead atoms. The van der Waals surface area contributed by atoms with Gasteiger partial charge in [-0.05, 0) is 61.0 Å². The van der Waals surface area contributed by atoms with E-state index in [1.54, 1.807) is 4.90 Å². The normalized spacial score (nSPS) is 10.8. The van der Waals surface area contributed by atoms with Crippen molar-refractivity contribution in [3.8, 4) is 0 Å². The highest BCUT2D eigenvalue weighted by atomic mass is 32.1. The molecule has 1 heterocycles. The Hall–Kier alpha value is -2.92. The summed E-state index contributed by atoms with van der Waals surface area (Å²) in [6, 6.07) is 19.6. The van der Waals surface area contributed by atoms with E-state index in [9.17, 15) is 9.59 Å². The van der Waals surface area contributed by atoms with E-state index in [-0.39, 0.29) is 17.9 Å². The lowest BCUT2D eigenvalue weighted by atomic mass is 10.1. The van der Waals surface area contributed by atoms with Gasteiger partial charge >= 0.3 is 0 Å². The first-order valence-electron chi connectivity index (χ1n) is 9.72. The van der Waals surface area contributed by atoms with Gasteiger partial charge in [-0.1, -0.05) is 42.5 Å². The zero-order valence-electron chi connectivity index (χ0n) is 17.0. The number of hydrogen-bond acceptors (Lipinski definition) is 3. The molecule has 0 atom stereocenters. The number of carbonyl (C=O) groups excluding carboxylic acids is 2. The predicted octanol–water partition coefficient (Wildman–Crippen LogP) is 4.97. The van der Waals surface area contributed by atoms with Crippen molar-refractivity contribution in [1.29, 1.82) is 0 Å². The molecule has 5 heteroatoms. The molecule has 29 heavy (non-hydrogen) atoms. The summed E-state index contributed by atoms with van der Waals surface area (Å²) in [5, 5.41) is 4.81. The smallest absolute Gasteiger partial charge is 0.268 e. The maximum Gasteiger partial charge on any atom is 0.268 e. The van der Waals surface area contributed by atoms with Crippen LogP contribution in [0.5, 0.6) is 0 Å². The Kier molecular flexibility index (Phi) is 6.83. The predicted molar refractivity (Wildman–Crippen MR) is 119 cm³/mol. The Morgan fingerprint density at radius 1 is 1.00 bits per heavy atom. The second-order valence-corrected chi connectivity index (χ2v) is 8.31. The van der Waals surface area contributed by atoms with Crippen molar-refractivity contribution in [3.63, 3.8) is 0 Å².